The Morgan fingerprint density at radius 3 is 2.86 bits per heavy atom. The quantitative estimate of drug-likeness (QED) is 0.725. The van der Waals surface area contributed by atoms with Crippen molar-refractivity contribution in [1.82, 2.24) is 9.78 Å². The molecule has 1 saturated carbocycles. The second kappa shape index (κ2) is 6.32. The van der Waals surface area contributed by atoms with Crippen LogP contribution in [0.15, 0.2) is 34.9 Å². The lowest BCUT2D eigenvalue weighted by atomic mass is 10.1. The molecule has 1 heterocycles. The molecule has 2 aromatic rings. The maximum atomic E-state index is 12.4. The topological polar surface area (TPSA) is 34.9 Å². The van der Waals surface area contributed by atoms with Crippen molar-refractivity contribution in [3.8, 4) is 0 Å². The first kappa shape index (κ1) is 14.8. The number of carbonyl (C=O) groups is 1. The van der Waals surface area contributed by atoms with Crippen molar-refractivity contribution >= 4 is 33.3 Å². The second-order valence-electron chi connectivity index (χ2n) is 5.45. The van der Waals surface area contributed by atoms with Gasteiger partial charge in [0.15, 0.2) is 5.78 Å². The van der Waals surface area contributed by atoms with Crippen LogP contribution in [0.5, 0.6) is 0 Å². The number of hydrogen-bond donors (Lipinski definition) is 0. The van der Waals surface area contributed by atoms with Crippen molar-refractivity contribution in [3.05, 3.63) is 51.2 Å². The maximum absolute atomic E-state index is 12.4. The highest BCUT2D eigenvalue weighted by atomic mass is 79.9. The largest absolute Gasteiger partial charge is 0.294 e. The smallest absolute Gasteiger partial charge is 0.170 e. The Labute approximate surface area is 137 Å². The Hall–Kier alpha value is -1.13. The van der Waals surface area contributed by atoms with Crippen LogP contribution < -0.4 is 0 Å². The lowest BCUT2D eigenvalue weighted by molar-refractivity contribution is 0.0991. The molecule has 1 aromatic carbocycles. The van der Waals surface area contributed by atoms with Crippen LogP contribution >= 0.6 is 27.5 Å². The van der Waals surface area contributed by atoms with Gasteiger partial charge >= 0.3 is 0 Å². The Kier molecular flexibility index (Phi) is 4.45. The van der Waals surface area contributed by atoms with Crippen LogP contribution in [-0.2, 0) is 6.42 Å². The molecule has 0 atom stereocenters. The monoisotopic (exact) mass is 366 g/mol. The third-order valence-corrected chi connectivity index (χ3v) is 4.76. The number of halogens is 2. The van der Waals surface area contributed by atoms with E-state index in [0.717, 1.165) is 10.2 Å². The first-order chi connectivity index (χ1) is 10.1. The van der Waals surface area contributed by atoms with E-state index in [1.54, 1.807) is 12.1 Å². The SMILES string of the molecule is O=C(Cc1ccn(C2CCCC2)n1)c1cc(Br)ccc1Cl. The van der Waals surface area contributed by atoms with Gasteiger partial charge in [0.25, 0.3) is 0 Å². The molecule has 0 unspecified atom stereocenters. The molecule has 0 aliphatic heterocycles. The van der Waals surface area contributed by atoms with Gasteiger partial charge in [0.05, 0.1) is 23.2 Å². The number of Topliss-reactive ketones (excluding diaryl/α,β-unsaturated/α-hetero) is 1. The summed E-state index contributed by atoms with van der Waals surface area (Å²) in [6, 6.07) is 7.76. The summed E-state index contributed by atoms with van der Waals surface area (Å²) in [7, 11) is 0. The lowest BCUT2D eigenvalue weighted by Crippen LogP contribution is -2.08. The summed E-state index contributed by atoms with van der Waals surface area (Å²) in [6.07, 6.45) is 7.19. The van der Waals surface area contributed by atoms with Crippen molar-refractivity contribution in [2.75, 3.05) is 0 Å². The predicted octanol–water partition coefficient (Wildman–Crippen LogP) is 4.84. The minimum Gasteiger partial charge on any atom is -0.294 e. The minimum absolute atomic E-state index is 0.00188. The van der Waals surface area contributed by atoms with Gasteiger partial charge in [-0.05, 0) is 37.1 Å². The van der Waals surface area contributed by atoms with E-state index in [1.807, 2.05) is 23.0 Å². The number of carbonyl (C=O) groups excluding carboxylic acids is 1. The fourth-order valence-electron chi connectivity index (χ4n) is 2.81. The fourth-order valence-corrected chi connectivity index (χ4v) is 3.40. The number of rotatable bonds is 4. The zero-order valence-electron chi connectivity index (χ0n) is 11.6. The van der Waals surface area contributed by atoms with Crippen LogP contribution in [0.1, 0.15) is 47.8 Å². The van der Waals surface area contributed by atoms with Gasteiger partial charge in [0.2, 0.25) is 0 Å². The van der Waals surface area contributed by atoms with Crippen LogP contribution in [0.2, 0.25) is 5.02 Å². The molecule has 0 radical (unpaired) electrons. The van der Waals surface area contributed by atoms with Gasteiger partial charge in [0.1, 0.15) is 0 Å². The van der Waals surface area contributed by atoms with E-state index in [4.69, 9.17) is 11.6 Å². The van der Waals surface area contributed by atoms with E-state index in [0.29, 0.717) is 16.6 Å². The summed E-state index contributed by atoms with van der Waals surface area (Å²) in [6.45, 7) is 0. The highest BCUT2D eigenvalue weighted by molar-refractivity contribution is 9.10. The van der Waals surface area contributed by atoms with Crippen molar-refractivity contribution in [3.63, 3.8) is 0 Å². The van der Waals surface area contributed by atoms with Gasteiger partial charge < -0.3 is 0 Å². The van der Waals surface area contributed by atoms with Crippen LogP contribution in [0.3, 0.4) is 0 Å². The minimum atomic E-state index is -0.00188. The van der Waals surface area contributed by atoms with Crippen LogP contribution in [0, 0.1) is 0 Å². The molecule has 3 nitrogen and oxygen atoms in total. The third-order valence-electron chi connectivity index (χ3n) is 3.93. The summed E-state index contributed by atoms with van der Waals surface area (Å²) in [5.41, 5.74) is 1.35. The fraction of sp³-hybridized carbons (Fsp3) is 0.375. The van der Waals surface area contributed by atoms with Gasteiger partial charge in [-0.15, -0.1) is 0 Å². The van der Waals surface area contributed by atoms with Crippen LogP contribution in [0.25, 0.3) is 0 Å². The first-order valence-electron chi connectivity index (χ1n) is 7.16. The zero-order valence-corrected chi connectivity index (χ0v) is 13.9. The van der Waals surface area contributed by atoms with Gasteiger partial charge in [0, 0.05) is 16.2 Å². The lowest BCUT2D eigenvalue weighted by Gasteiger charge is -2.08. The second-order valence-corrected chi connectivity index (χ2v) is 6.77. The molecule has 0 N–H and O–H groups in total. The Balaban J connectivity index is 1.74. The zero-order chi connectivity index (χ0) is 14.8. The van der Waals surface area contributed by atoms with Gasteiger partial charge in [-0.2, -0.15) is 5.10 Å². The number of ketones is 1. The molecule has 1 aliphatic carbocycles. The number of benzene rings is 1. The normalized spacial score (nSPS) is 15.5. The molecule has 1 fully saturated rings. The number of aromatic nitrogens is 2. The molecular weight excluding hydrogens is 352 g/mol. The van der Waals surface area contributed by atoms with E-state index in [1.165, 1.54) is 25.7 Å². The number of nitrogens with zero attached hydrogens (tertiary/aromatic N) is 2. The summed E-state index contributed by atoms with van der Waals surface area (Å²) in [5.74, 6) is -0.00188. The van der Waals surface area contributed by atoms with Gasteiger partial charge in [-0.25, -0.2) is 0 Å². The van der Waals surface area contributed by atoms with Crippen molar-refractivity contribution in [1.29, 1.82) is 0 Å². The van der Waals surface area contributed by atoms with E-state index >= 15 is 0 Å². The van der Waals surface area contributed by atoms with E-state index in [9.17, 15) is 4.79 Å². The van der Waals surface area contributed by atoms with Crippen molar-refractivity contribution < 1.29 is 4.79 Å². The molecule has 1 aliphatic rings. The first-order valence-corrected chi connectivity index (χ1v) is 8.33. The molecule has 1 aromatic heterocycles. The summed E-state index contributed by atoms with van der Waals surface area (Å²) in [5, 5.41) is 5.04. The predicted molar refractivity (Wildman–Crippen MR) is 86.9 cm³/mol. The van der Waals surface area contributed by atoms with Crippen LogP contribution in [-0.4, -0.2) is 15.6 Å². The highest BCUT2D eigenvalue weighted by Gasteiger charge is 2.19. The Morgan fingerprint density at radius 2 is 2.10 bits per heavy atom. The highest BCUT2D eigenvalue weighted by Crippen LogP contribution is 2.29. The average Bonchev–Trinajstić information content (AvgIpc) is 3.11. The molecule has 0 saturated heterocycles. The van der Waals surface area contributed by atoms with Gasteiger partial charge in [-0.1, -0.05) is 40.4 Å². The summed E-state index contributed by atoms with van der Waals surface area (Å²) >= 11 is 9.47. The molecule has 0 amide bonds. The summed E-state index contributed by atoms with van der Waals surface area (Å²) in [4.78, 5) is 12.4. The number of hydrogen-bond acceptors (Lipinski definition) is 2. The van der Waals surface area contributed by atoms with E-state index < -0.39 is 0 Å². The van der Waals surface area contributed by atoms with Crippen molar-refractivity contribution in [2.45, 2.75) is 38.1 Å². The molecule has 3 rings (SSSR count). The molecule has 0 bridgehead atoms. The Bertz CT molecular complexity index is 662. The molecule has 110 valence electrons. The van der Waals surface area contributed by atoms with Gasteiger partial charge in [-0.3, -0.25) is 9.48 Å². The Morgan fingerprint density at radius 1 is 1.33 bits per heavy atom. The standard InChI is InChI=1S/C16H16BrClN2O/c17-11-5-6-15(18)14(9-11)16(21)10-12-7-8-20(19-12)13-3-1-2-4-13/h5-9,13H,1-4,10H2. The maximum Gasteiger partial charge on any atom is 0.170 e. The molecule has 5 heteroatoms. The van der Waals surface area contributed by atoms with E-state index in [2.05, 4.69) is 21.0 Å². The molecule has 21 heavy (non-hydrogen) atoms. The third kappa shape index (κ3) is 3.38. The summed E-state index contributed by atoms with van der Waals surface area (Å²) < 4.78 is 2.87. The van der Waals surface area contributed by atoms with Crippen molar-refractivity contribution in [2.24, 2.45) is 0 Å². The molecule has 0 spiro atoms. The van der Waals surface area contributed by atoms with Crippen LogP contribution in [0.4, 0.5) is 0 Å². The molecular formula is C16H16BrClN2O. The average molecular weight is 368 g/mol. The van der Waals surface area contributed by atoms with E-state index in [-0.39, 0.29) is 12.2 Å².